The van der Waals surface area contributed by atoms with E-state index in [4.69, 9.17) is 4.43 Å². The van der Waals surface area contributed by atoms with Crippen molar-refractivity contribution >= 4 is 9.76 Å². The van der Waals surface area contributed by atoms with Crippen LogP contribution in [0.5, 0.6) is 0 Å². The van der Waals surface area contributed by atoms with E-state index < -0.39 is 9.76 Å². The molecule has 0 aliphatic heterocycles. The van der Waals surface area contributed by atoms with Crippen LogP contribution in [-0.2, 0) is 4.43 Å². The van der Waals surface area contributed by atoms with Gasteiger partial charge >= 0.3 is 0 Å². The van der Waals surface area contributed by atoms with E-state index in [9.17, 15) is 0 Å². The second-order valence-corrected chi connectivity index (χ2v) is 11.0. The van der Waals surface area contributed by atoms with Crippen LogP contribution in [0.1, 0.15) is 81.6 Å². The first-order chi connectivity index (χ1) is 13.7. The Balaban J connectivity index is 5.75. The van der Waals surface area contributed by atoms with E-state index in [-0.39, 0.29) is 5.60 Å². The lowest BCUT2D eigenvalue weighted by molar-refractivity contribution is 0.0641. The van der Waals surface area contributed by atoms with Gasteiger partial charge in [0.25, 0.3) is 0 Å². The molecule has 0 N–H and O–H groups in total. The molecule has 0 aliphatic carbocycles. The Kier molecular flexibility index (Phi) is 15.8. The minimum Gasteiger partial charge on any atom is -0.419 e. The average molecular weight is 430 g/mol. The van der Waals surface area contributed by atoms with E-state index in [1.54, 1.807) is 0 Å². The van der Waals surface area contributed by atoms with Gasteiger partial charge in [-0.1, -0.05) is 41.5 Å². The maximum absolute atomic E-state index is 6.39. The summed E-state index contributed by atoms with van der Waals surface area (Å²) in [6, 6.07) is 1.27. The first-order valence-electron chi connectivity index (χ1n) is 12.5. The van der Waals surface area contributed by atoms with Crippen LogP contribution in [0.25, 0.3) is 0 Å². The monoisotopic (exact) mass is 429 g/mol. The van der Waals surface area contributed by atoms with Crippen molar-refractivity contribution < 1.29 is 4.43 Å². The van der Waals surface area contributed by atoms with Crippen molar-refractivity contribution in [2.24, 2.45) is 5.41 Å². The van der Waals surface area contributed by atoms with Gasteiger partial charge in [-0.15, -0.1) is 0 Å². The van der Waals surface area contributed by atoms with Gasteiger partial charge < -0.3 is 19.1 Å². The summed E-state index contributed by atoms with van der Waals surface area (Å²) in [6.07, 6.45) is 3.70. The van der Waals surface area contributed by atoms with E-state index in [1.165, 1.54) is 64.6 Å². The smallest absolute Gasteiger partial charge is 0.162 e. The molecule has 29 heavy (non-hydrogen) atoms. The molecule has 0 aromatic heterocycles. The molecule has 0 spiro atoms. The second kappa shape index (κ2) is 15.8. The molecule has 0 aromatic carbocycles. The molecule has 0 atom stereocenters. The standard InChI is InChI=1S/C24H55N3OSi/c1-10-16-25(13-4)19-24(20-26(14-5)17-11-2,21-27(15-6)18-12-3)22-29-28-23(7,8)9/h10-22,29H2,1-9H3. The maximum Gasteiger partial charge on any atom is 0.162 e. The summed E-state index contributed by atoms with van der Waals surface area (Å²) >= 11 is 0. The normalized spacial score (nSPS) is 13.7. The van der Waals surface area contributed by atoms with Gasteiger partial charge in [0.1, 0.15) is 0 Å². The highest BCUT2D eigenvalue weighted by Gasteiger charge is 2.35. The predicted octanol–water partition coefficient (Wildman–Crippen LogP) is 4.49. The van der Waals surface area contributed by atoms with Gasteiger partial charge in [-0.2, -0.15) is 0 Å². The van der Waals surface area contributed by atoms with Crippen LogP contribution >= 0.6 is 0 Å². The zero-order chi connectivity index (χ0) is 22.3. The second-order valence-electron chi connectivity index (χ2n) is 9.82. The van der Waals surface area contributed by atoms with Crippen LogP contribution in [0.2, 0.25) is 6.04 Å². The summed E-state index contributed by atoms with van der Waals surface area (Å²) < 4.78 is 6.39. The van der Waals surface area contributed by atoms with Crippen molar-refractivity contribution in [1.82, 2.24) is 14.7 Å². The third-order valence-corrected chi connectivity index (χ3v) is 8.14. The number of hydrogen-bond donors (Lipinski definition) is 0. The lowest BCUT2D eigenvalue weighted by Crippen LogP contribution is -2.53. The molecule has 0 amide bonds. The van der Waals surface area contributed by atoms with Gasteiger partial charge in [-0.05, 0) is 85.3 Å². The van der Waals surface area contributed by atoms with Crippen molar-refractivity contribution in [2.75, 3.05) is 58.9 Å². The molecule has 0 aromatic rings. The van der Waals surface area contributed by atoms with Crippen LogP contribution in [0.15, 0.2) is 0 Å². The molecule has 0 radical (unpaired) electrons. The molecular weight excluding hydrogens is 374 g/mol. The van der Waals surface area contributed by atoms with E-state index in [0.717, 1.165) is 19.6 Å². The van der Waals surface area contributed by atoms with Gasteiger partial charge in [-0.25, -0.2) is 0 Å². The van der Waals surface area contributed by atoms with E-state index in [1.807, 2.05) is 0 Å². The Labute approximate surface area is 186 Å². The highest BCUT2D eigenvalue weighted by Crippen LogP contribution is 2.29. The number of hydrogen-bond acceptors (Lipinski definition) is 4. The summed E-state index contributed by atoms with van der Waals surface area (Å²) in [7, 11) is -0.571. The third kappa shape index (κ3) is 13.2. The number of rotatable bonds is 18. The van der Waals surface area contributed by atoms with Crippen molar-refractivity contribution in [2.45, 2.75) is 93.2 Å². The third-order valence-electron chi connectivity index (χ3n) is 5.81. The van der Waals surface area contributed by atoms with Gasteiger partial charge in [0.15, 0.2) is 9.76 Å². The highest BCUT2D eigenvalue weighted by molar-refractivity contribution is 6.27. The zero-order valence-corrected chi connectivity index (χ0v) is 23.1. The van der Waals surface area contributed by atoms with Crippen LogP contribution in [0.4, 0.5) is 0 Å². The first-order valence-corrected chi connectivity index (χ1v) is 14.1. The Morgan fingerprint density at radius 2 is 0.966 bits per heavy atom. The van der Waals surface area contributed by atoms with E-state index >= 15 is 0 Å². The van der Waals surface area contributed by atoms with E-state index in [2.05, 4.69) is 77.0 Å². The largest absolute Gasteiger partial charge is 0.419 e. The van der Waals surface area contributed by atoms with E-state index in [0.29, 0.717) is 5.41 Å². The minimum absolute atomic E-state index is 0.00640. The molecule has 0 bridgehead atoms. The van der Waals surface area contributed by atoms with Crippen LogP contribution < -0.4 is 0 Å². The Hall–Kier alpha value is 0.0569. The van der Waals surface area contributed by atoms with Crippen molar-refractivity contribution in [3.8, 4) is 0 Å². The fourth-order valence-electron chi connectivity index (χ4n) is 4.38. The molecule has 0 rings (SSSR count). The van der Waals surface area contributed by atoms with Crippen LogP contribution in [-0.4, -0.2) is 89.0 Å². The lowest BCUT2D eigenvalue weighted by atomic mass is 9.87. The van der Waals surface area contributed by atoms with Gasteiger partial charge in [0.05, 0.1) is 0 Å². The van der Waals surface area contributed by atoms with Gasteiger partial charge in [0.2, 0.25) is 0 Å². The fourth-order valence-corrected chi connectivity index (χ4v) is 6.00. The molecule has 0 heterocycles. The Morgan fingerprint density at radius 1 is 0.621 bits per heavy atom. The fraction of sp³-hybridized carbons (Fsp3) is 1.00. The summed E-state index contributed by atoms with van der Waals surface area (Å²) in [5, 5.41) is 0. The molecule has 4 nitrogen and oxygen atoms in total. The summed E-state index contributed by atoms with van der Waals surface area (Å²) in [5.74, 6) is 0. The molecule has 5 heteroatoms. The summed E-state index contributed by atoms with van der Waals surface area (Å²) in [5.41, 5.74) is 0.298. The SMILES string of the molecule is CCCN(CC)CC(C[SiH2]OC(C)(C)C)(CN(CC)CCC)CN(CC)CCC. The molecule has 0 fully saturated rings. The van der Waals surface area contributed by atoms with Crippen molar-refractivity contribution in [3.63, 3.8) is 0 Å². The first kappa shape index (κ1) is 29.1. The average Bonchev–Trinajstić information content (AvgIpc) is 2.65. The summed E-state index contributed by atoms with van der Waals surface area (Å²) in [4.78, 5) is 8.10. The van der Waals surface area contributed by atoms with Gasteiger partial charge in [-0.3, -0.25) is 0 Å². The maximum atomic E-state index is 6.39. The highest BCUT2D eigenvalue weighted by atomic mass is 28.2. The van der Waals surface area contributed by atoms with Crippen LogP contribution in [0, 0.1) is 5.41 Å². The molecular formula is C24H55N3OSi. The summed E-state index contributed by atoms with van der Waals surface area (Å²) in [6.45, 7) is 31.3. The molecule has 0 saturated heterocycles. The van der Waals surface area contributed by atoms with Crippen LogP contribution in [0.3, 0.4) is 0 Å². The predicted molar refractivity (Wildman–Crippen MR) is 134 cm³/mol. The molecule has 0 unspecified atom stereocenters. The van der Waals surface area contributed by atoms with Crippen molar-refractivity contribution in [3.05, 3.63) is 0 Å². The lowest BCUT2D eigenvalue weighted by Gasteiger charge is -2.44. The van der Waals surface area contributed by atoms with Gasteiger partial charge in [0, 0.05) is 30.7 Å². The number of nitrogens with zero attached hydrogens (tertiary/aromatic N) is 3. The van der Waals surface area contributed by atoms with Crippen molar-refractivity contribution in [1.29, 1.82) is 0 Å². The Morgan fingerprint density at radius 3 is 1.21 bits per heavy atom. The molecule has 0 saturated carbocycles. The topological polar surface area (TPSA) is 19.0 Å². The molecule has 176 valence electrons. The minimum atomic E-state index is -0.571. The zero-order valence-electron chi connectivity index (χ0n) is 21.6. The Bertz CT molecular complexity index is 346. The molecule has 0 aliphatic rings. The quantitative estimate of drug-likeness (QED) is 0.299.